The Balaban J connectivity index is 1.15. The van der Waals surface area contributed by atoms with Crippen LogP contribution >= 0.6 is 0 Å². The Bertz CT molecular complexity index is 4150. The molecule has 0 aliphatic carbocycles. The number of fused-ring (bicyclic) bond motifs is 6. The van der Waals surface area contributed by atoms with Gasteiger partial charge in [-0.05, 0) is 183 Å². The summed E-state index contributed by atoms with van der Waals surface area (Å²) in [7, 11) is 0. The molecule has 0 aromatic heterocycles. The molecule has 0 aliphatic rings. The number of nitrogens with zero attached hydrogens (tertiary/aromatic N) is 2. The number of benzene rings is 15. The van der Waals surface area contributed by atoms with Gasteiger partial charge in [0.25, 0.3) is 0 Å². The van der Waals surface area contributed by atoms with Crippen molar-refractivity contribution in [2.75, 3.05) is 9.80 Å². The Hall–Kier alpha value is -9.50. The van der Waals surface area contributed by atoms with Crippen LogP contribution in [0.1, 0.15) is 0 Å². The van der Waals surface area contributed by atoms with E-state index in [1.807, 2.05) is 0 Å². The molecule has 0 spiro atoms. The Morgan fingerprint density at radius 1 is 0.167 bits per heavy atom. The van der Waals surface area contributed by atoms with Gasteiger partial charge in [-0.2, -0.15) is 0 Å². The normalized spacial score (nSPS) is 11.9. The van der Waals surface area contributed by atoms with Gasteiger partial charge in [0.2, 0.25) is 0 Å². The smallest absolute Gasteiger partial charge is 0.0540 e. The fourth-order valence-corrected chi connectivity index (χ4v) is 12.3. The fourth-order valence-electron chi connectivity index (χ4n) is 12.3. The van der Waals surface area contributed by atoms with Crippen molar-refractivity contribution >= 4 is 120 Å². The minimum absolute atomic E-state index is 1.12. The molecule has 15 rings (SSSR count). The number of anilines is 6. The summed E-state index contributed by atoms with van der Waals surface area (Å²) in [6.45, 7) is 0. The van der Waals surface area contributed by atoms with Crippen molar-refractivity contribution in [3.8, 4) is 22.3 Å². The van der Waals surface area contributed by atoms with Crippen LogP contribution < -0.4 is 9.80 Å². The van der Waals surface area contributed by atoms with E-state index in [2.05, 4.69) is 277 Å². The lowest BCUT2D eigenvalue weighted by molar-refractivity contribution is 1.30. The zero-order valence-corrected chi connectivity index (χ0v) is 39.3. The predicted molar refractivity (Wildman–Crippen MR) is 309 cm³/mol. The number of hydrogen-bond acceptors (Lipinski definition) is 2. The second-order valence-electron chi connectivity index (χ2n) is 19.1. The molecule has 0 radical (unpaired) electrons. The Labute approximate surface area is 417 Å². The molecule has 2 heteroatoms. The number of hydrogen-bond donors (Lipinski definition) is 0. The Morgan fingerprint density at radius 2 is 0.458 bits per heavy atom. The summed E-state index contributed by atoms with van der Waals surface area (Å²) < 4.78 is 0. The van der Waals surface area contributed by atoms with Gasteiger partial charge in [-0.3, -0.25) is 0 Å². The molecule has 0 aliphatic heterocycles. The van der Waals surface area contributed by atoms with E-state index in [9.17, 15) is 0 Å². The standard InChI is InChI=1S/C70H44N2/c1-7-21-45(22-8-1)47-41-59-53-37-39-63(71(49-25-11-3-12-26-49)50-27-13-4-14-28-50)55-33-20-36-58(65(53)55)68-62-44-48(46-23-9-2-10-24-46)42-60-54-38-40-64(72(51-29-15-5-16-30-51)52-31-17-6-18-32-52)56-34-19-35-57(66(54)56)67(70(60)62)61(43-47)69(59)68/h1-44H. The summed E-state index contributed by atoms with van der Waals surface area (Å²) in [6.07, 6.45) is 0. The van der Waals surface area contributed by atoms with Gasteiger partial charge in [-0.25, -0.2) is 0 Å². The highest BCUT2D eigenvalue weighted by atomic mass is 15.1. The summed E-state index contributed by atoms with van der Waals surface area (Å²) >= 11 is 0. The van der Waals surface area contributed by atoms with Crippen molar-refractivity contribution in [3.05, 3.63) is 267 Å². The lowest BCUT2D eigenvalue weighted by Gasteiger charge is -2.29. The summed E-state index contributed by atoms with van der Waals surface area (Å²) in [5.41, 5.74) is 11.6. The monoisotopic (exact) mass is 912 g/mol. The van der Waals surface area contributed by atoms with Crippen molar-refractivity contribution in [1.29, 1.82) is 0 Å². The van der Waals surface area contributed by atoms with Crippen molar-refractivity contribution in [3.63, 3.8) is 0 Å². The van der Waals surface area contributed by atoms with E-state index in [1.54, 1.807) is 0 Å². The number of para-hydroxylation sites is 4. The molecule has 0 fully saturated rings. The highest BCUT2D eigenvalue weighted by Crippen LogP contribution is 2.54. The van der Waals surface area contributed by atoms with Gasteiger partial charge >= 0.3 is 0 Å². The molecule has 0 N–H and O–H groups in total. The van der Waals surface area contributed by atoms with Crippen molar-refractivity contribution in [2.24, 2.45) is 0 Å². The zero-order valence-electron chi connectivity index (χ0n) is 39.3. The largest absolute Gasteiger partial charge is 0.310 e. The maximum Gasteiger partial charge on any atom is 0.0540 e. The van der Waals surface area contributed by atoms with Gasteiger partial charge in [-0.15, -0.1) is 0 Å². The number of rotatable bonds is 8. The van der Waals surface area contributed by atoms with Crippen LogP contribution in [-0.2, 0) is 0 Å². The molecule has 0 atom stereocenters. The molecule has 0 saturated carbocycles. The molecular formula is C70H44N2. The van der Waals surface area contributed by atoms with Gasteiger partial charge in [0.05, 0.1) is 11.4 Å². The first kappa shape index (κ1) is 40.4. The summed E-state index contributed by atoms with van der Waals surface area (Å²) in [5, 5.41) is 20.3. The minimum atomic E-state index is 1.12. The highest BCUT2D eigenvalue weighted by molar-refractivity contribution is 6.49. The van der Waals surface area contributed by atoms with E-state index in [0.29, 0.717) is 0 Å². The SMILES string of the molecule is c1ccc(-c2cc3c4ccc(N(c5ccccc5)c5ccccc5)c5cccc(c54)c4c5cc(-c6ccccc6)cc6c7ccc(N(c8ccccc8)c8ccccc8)c8cccc(c87)c(c(c2)c34)c65)cc1. The summed E-state index contributed by atoms with van der Waals surface area (Å²) in [4.78, 5) is 4.84. The first-order valence-corrected chi connectivity index (χ1v) is 24.9. The van der Waals surface area contributed by atoms with Crippen LogP contribution in [0, 0.1) is 0 Å². The molecule has 0 heterocycles. The first-order valence-electron chi connectivity index (χ1n) is 24.9. The molecule has 0 saturated heterocycles. The van der Waals surface area contributed by atoms with Gasteiger partial charge in [-0.1, -0.05) is 182 Å². The third-order valence-corrected chi connectivity index (χ3v) is 15.2. The van der Waals surface area contributed by atoms with E-state index in [1.165, 1.54) is 108 Å². The van der Waals surface area contributed by atoms with Crippen LogP contribution in [0.15, 0.2) is 267 Å². The molecule has 2 nitrogen and oxygen atoms in total. The molecule has 72 heavy (non-hydrogen) atoms. The maximum absolute atomic E-state index is 2.50. The van der Waals surface area contributed by atoms with Gasteiger partial charge in [0.15, 0.2) is 0 Å². The molecular weight excluding hydrogens is 869 g/mol. The van der Waals surface area contributed by atoms with Crippen molar-refractivity contribution in [2.45, 2.75) is 0 Å². The van der Waals surface area contributed by atoms with Gasteiger partial charge < -0.3 is 9.80 Å². The van der Waals surface area contributed by atoms with Crippen LogP contribution in [-0.4, -0.2) is 0 Å². The lowest BCUT2D eigenvalue weighted by Crippen LogP contribution is -2.10. The Morgan fingerprint density at radius 3 is 0.806 bits per heavy atom. The highest BCUT2D eigenvalue weighted by Gasteiger charge is 2.27. The summed E-state index contributed by atoms with van der Waals surface area (Å²) in [6, 6.07) is 98.6. The molecule has 15 aromatic rings. The Kier molecular flexibility index (Phi) is 8.99. The molecule has 0 bridgehead atoms. The second kappa shape index (κ2) is 16.0. The second-order valence-corrected chi connectivity index (χ2v) is 19.1. The van der Waals surface area contributed by atoms with Crippen LogP contribution in [0.2, 0.25) is 0 Å². The van der Waals surface area contributed by atoms with Crippen LogP contribution in [0.4, 0.5) is 34.1 Å². The van der Waals surface area contributed by atoms with Crippen molar-refractivity contribution in [1.82, 2.24) is 0 Å². The topological polar surface area (TPSA) is 6.48 Å². The van der Waals surface area contributed by atoms with E-state index >= 15 is 0 Å². The van der Waals surface area contributed by atoms with Crippen molar-refractivity contribution < 1.29 is 0 Å². The third kappa shape index (κ3) is 6.03. The maximum atomic E-state index is 2.50. The minimum Gasteiger partial charge on any atom is -0.310 e. The fraction of sp³-hybridized carbons (Fsp3) is 0. The van der Waals surface area contributed by atoms with Crippen LogP contribution in [0.3, 0.4) is 0 Å². The molecule has 0 unspecified atom stereocenters. The van der Waals surface area contributed by atoms with Gasteiger partial charge in [0, 0.05) is 33.5 Å². The van der Waals surface area contributed by atoms with E-state index in [0.717, 1.165) is 34.1 Å². The van der Waals surface area contributed by atoms with Crippen LogP contribution in [0.5, 0.6) is 0 Å². The quantitative estimate of drug-likeness (QED) is 0.111. The first-order chi connectivity index (χ1) is 35.8. The van der Waals surface area contributed by atoms with Crippen LogP contribution in [0.25, 0.3) is 108 Å². The van der Waals surface area contributed by atoms with E-state index in [-0.39, 0.29) is 0 Å². The third-order valence-electron chi connectivity index (χ3n) is 15.2. The van der Waals surface area contributed by atoms with E-state index in [4.69, 9.17) is 0 Å². The molecule has 334 valence electrons. The molecule has 0 amide bonds. The average Bonchev–Trinajstić information content (AvgIpc) is 3.46. The van der Waals surface area contributed by atoms with Gasteiger partial charge in [0.1, 0.15) is 0 Å². The lowest BCUT2D eigenvalue weighted by atomic mass is 9.79. The summed E-state index contributed by atoms with van der Waals surface area (Å²) in [5.74, 6) is 0. The van der Waals surface area contributed by atoms with E-state index < -0.39 is 0 Å². The predicted octanol–water partition coefficient (Wildman–Crippen LogP) is 20.1. The zero-order chi connectivity index (χ0) is 47.3. The average molecular weight is 913 g/mol. The molecule has 15 aromatic carbocycles.